The highest BCUT2D eigenvalue weighted by Crippen LogP contribution is 2.16. The van der Waals surface area contributed by atoms with E-state index in [2.05, 4.69) is 9.71 Å². The minimum Gasteiger partial charge on any atom is -0.377 e. The fourth-order valence-corrected chi connectivity index (χ4v) is 3.99. The van der Waals surface area contributed by atoms with Gasteiger partial charge in [-0.25, -0.2) is 0 Å². The molecule has 3 rings (SSSR count). The van der Waals surface area contributed by atoms with Crippen molar-refractivity contribution in [2.75, 3.05) is 13.2 Å². The van der Waals surface area contributed by atoms with Crippen LogP contribution in [0.25, 0.3) is 0 Å². The Morgan fingerprint density at radius 1 is 1.16 bits per heavy atom. The van der Waals surface area contributed by atoms with E-state index in [0.29, 0.717) is 18.8 Å². The van der Waals surface area contributed by atoms with Gasteiger partial charge in [-0.2, -0.15) is 17.4 Å². The predicted molar refractivity (Wildman–Crippen MR) is 95.8 cm³/mol. The topological polar surface area (TPSA) is 71.5 Å². The molecule has 7 heteroatoms. The maximum Gasteiger partial charge on any atom is 0.280 e. The Kier molecular flexibility index (Phi) is 6.14. The molecule has 6 nitrogen and oxygen atoms in total. The second-order valence-corrected chi connectivity index (χ2v) is 7.82. The highest BCUT2D eigenvalue weighted by Gasteiger charge is 2.27. The van der Waals surface area contributed by atoms with Crippen molar-refractivity contribution in [1.82, 2.24) is 14.0 Å². The smallest absolute Gasteiger partial charge is 0.280 e. The maximum atomic E-state index is 12.8. The summed E-state index contributed by atoms with van der Waals surface area (Å²) in [4.78, 5) is 4.25. The van der Waals surface area contributed by atoms with Crippen LogP contribution in [0.15, 0.2) is 54.7 Å². The monoisotopic (exact) mass is 361 g/mol. The molecule has 1 aromatic carbocycles. The number of pyridine rings is 1. The molecular weight excluding hydrogens is 338 g/mol. The van der Waals surface area contributed by atoms with E-state index in [9.17, 15) is 8.42 Å². The molecule has 1 atom stereocenters. The first kappa shape index (κ1) is 18.0. The third-order valence-electron chi connectivity index (χ3n) is 4.14. The molecule has 0 saturated carbocycles. The fourth-order valence-electron chi connectivity index (χ4n) is 2.80. The molecule has 1 aromatic heterocycles. The maximum absolute atomic E-state index is 12.8. The van der Waals surface area contributed by atoms with Crippen molar-refractivity contribution >= 4 is 10.2 Å². The highest BCUT2D eigenvalue weighted by molar-refractivity contribution is 7.87. The molecule has 0 aliphatic carbocycles. The molecule has 1 fully saturated rings. The Morgan fingerprint density at radius 3 is 2.64 bits per heavy atom. The summed E-state index contributed by atoms with van der Waals surface area (Å²) in [6.07, 6.45) is 3.47. The van der Waals surface area contributed by atoms with Gasteiger partial charge in [0.15, 0.2) is 0 Å². The van der Waals surface area contributed by atoms with Gasteiger partial charge in [-0.15, -0.1) is 0 Å². The average Bonchev–Trinajstić information content (AvgIpc) is 3.15. The lowest BCUT2D eigenvalue weighted by atomic mass is 10.2. The van der Waals surface area contributed by atoms with E-state index in [-0.39, 0.29) is 19.2 Å². The number of hydrogen-bond donors (Lipinski definition) is 1. The first-order chi connectivity index (χ1) is 12.1. The molecule has 0 amide bonds. The number of nitrogens with zero attached hydrogens (tertiary/aromatic N) is 2. The summed E-state index contributed by atoms with van der Waals surface area (Å²) < 4.78 is 35.4. The van der Waals surface area contributed by atoms with Crippen LogP contribution < -0.4 is 4.72 Å². The Labute approximate surface area is 149 Å². The second kappa shape index (κ2) is 8.53. The first-order valence-corrected chi connectivity index (χ1v) is 9.88. The van der Waals surface area contributed by atoms with Crippen LogP contribution in [0.2, 0.25) is 0 Å². The van der Waals surface area contributed by atoms with Gasteiger partial charge in [-0.3, -0.25) is 4.98 Å². The summed E-state index contributed by atoms with van der Waals surface area (Å²) in [5, 5.41) is 0. The predicted octanol–water partition coefficient (Wildman–Crippen LogP) is 2.10. The van der Waals surface area contributed by atoms with Crippen molar-refractivity contribution < 1.29 is 13.2 Å². The van der Waals surface area contributed by atoms with Crippen LogP contribution in [0.3, 0.4) is 0 Å². The molecule has 25 heavy (non-hydrogen) atoms. The SMILES string of the molecule is O=S(=O)(NCc1ccccc1)N(Cc1ccccn1)C[C@H]1CCCO1. The molecule has 134 valence electrons. The van der Waals surface area contributed by atoms with E-state index in [1.165, 1.54) is 4.31 Å². The lowest BCUT2D eigenvalue weighted by Gasteiger charge is -2.24. The molecule has 0 radical (unpaired) electrons. The zero-order valence-electron chi connectivity index (χ0n) is 14.0. The van der Waals surface area contributed by atoms with Gasteiger partial charge in [-0.1, -0.05) is 36.4 Å². The number of rotatable bonds is 8. The van der Waals surface area contributed by atoms with Gasteiger partial charge < -0.3 is 4.74 Å². The minimum atomic E-state index is -3.64. The van der Waals surface area contributed by atoms with Crippen molar-refractivity contribution in [2.45, 2.75) is 32.0 Å². The summed E-state index contributed by atoms with van der Waals surface area (Å²) in [6.45, 7) is 1.51. The van der Waals surface area contributed by atoms with E-state index in [4.69, 9.17) is 4.74 Å². The summed E-state index contributed by atoms with van der Waals surface area (Å²) in [5.74, 6) is 0. The number of benzene rings is 1. The molecule has 0 spiro atoms. The van der Waals surface area contributed by atoms with Crippen LogP contribution in [0, 0.1) is 0 Å². The molecular formula is C18H23N3O3S. The van der Waals surface area contributed by atoms with E-state index >= 15 is 0 Å². The summed E-state index contributed by atoms with van der Waals surface area (Å²) in [7, 11) is -3.64. The van der Waals surface area contributed by atoms with Crippen LogP contribution in [-0.2, 0) is 28.0 Å². The Morgan fingerprint density at radius 2 is 1.96 bits per heavy atom. The molecule has 0 unspecified atom stereocenters. The van der Waals surface area contributed by atoms with Crippen LogP contribution in [0.5, 0.6) is 0 Å². The van der Waals surface area contributed by atoms with Crippen molar-refractivity contribution in [2.24, 2.45) is 0 Å². The second-order valence-electron chi connectivity index (χ2n) is 6.06. The molecule has 1 aliphatic rings. The number of aromatic nitrogens is 1. The lowest BCUT2D eigenvalue weighted by molar-refractivity contribution is 0.0920. The van der Waals surface area contributed by atoms with Crippen LogP contribution >= 0.6 is 0 Å². The van der Waals surface area contributed by atoms with Crippen molar-refractivity contribution in [3.8, 4) is 0 Å². The van der Waals surface area contributed by atoms with E-state index in [1.807, 2.05) is 48.5 Å². The highest BCUT2D eigenvalue weighted by atomic mass is 32.2. The van der Waals surface area contributed by atoms with Crippen molar-refractivity contribution in [3.05, 3.63) is 66.0 Å². The van der Waals surface area contributed by atoms with Crippen LogP contribution in [-0.4, -0.2) is 37.0 Å². The standard InChI is InChI=1S/C18H23N3O3S/c22-25(23,20-13-16-7-2-1-3-8-16)21(15-18-10-6-12-24-18)14-17-9-4-5-11-19-17/h1-5,7-9,11,18,20H,6,10,12-15H2/t18-/m1/s1. The van der Waals surface area contributed by atoms with Gasteiger partial charge in [0.1, 0.15) is 0 Å². The first-order valence-electron chi connectivity index (χ1n) is 8.44. The van der Waals surface area contributed by atoms with Gasteiger partial charge in [0, 0.05) is 25.9 Å². The van der Waals surface area contributed by atoms with Crippen molar-refractivity contribution in [3.63, 3.8) is 0 Å². The van der Waals surface area contributed by atoms with Crippen molar-refractivity contribution in [1.29, 1.82) is 0 Å². The lowest BCUT2D eigenvalue weighted by Crippen LogP contribution is -2.43. The van der Waals surface area contributed by atoms with E-state index in [1.54, 1.807) is 6.20 Å². The number of hydrogen-bond acceptors (Lipinski definition) is 4. The number of ether oxygens (including phenoxy) is 1. The largest absolute Gasteiger partial charge is 0.377 e. The molecule has 0 bridgehead atoms. The Balaban J connectivity index is 1.71. The third-order valence-corrected chi connectivity index (χ3v) is 5.60. The zero-order valence-corrected chi connectivity index (χ0v) is 14.9. The normalized spacial score (nSPS) is 17.9. The zero-order chi connectivity index (χ0) is 17.5. The van der Waals surface area contributed by atoms with Gasteiger partial charge in [-0.05, 0) is 30.5 Å². The fraction of sp³-hybridized carbons (Fsp3) is 0.389. The summed E-state index contributed by atoms with van der Waals surface area (Å²) in [6, 6.07) is 15.0. The summed E-state index contributed by atoms with van der Waals surface area (Å²) >= 11 is 0. The molecule has 1 aliphatic heterocycles. The average molecular weight is 361 g/mol. The molecule has 1 N–H and O–H groups in total. The van der Waals surface area contributed by atoms with Gasteiger partial charge >= 0.3 is 0 Å². The van der Waals surface area contributed by atoms with E-state index in [0.717, 1.165) is 18.4 Å². The van der Waals surface area contributed by atoms with Gasteiger partial charge in [0.25, 0.3) is 10.2 Å². The van der Waals surface area contributed by atoms with Crippen LogP contribution in [0.4, 0.5) is 0 Å². The Hall–Kier alpha value is -1.80. The van der Waals surface area contributed by atoms with Crippen LogP contribution in [0.1, 0.15) is 24.1 Å². The quantitative estimate of drug-likeness (QED) is 0.782. The van der Waals surface area contributed by atoms with Gasteiger partial charge in [0.05, 0.1) is 18.3 Å². The molecule has 2 aromatic rings. The van der Waals surface area contributed by atoms with Gasteiger partial charge in [0.2, 0.25) is 0 Å². The Bertz CT molecular complexity index is 748. The van der Waals surface area contributed by atoms with E-state index < -0.39 is 10.2 Å². The number of nitrogens with one attached hydrogen (secondary N) is 1. The summed E-state index contributed by atoms with van der Waals surface area (Å²) in [5.41, 5.74) is 1.63. The third kappa shape index (κ3) is 5.34. The molecule has 2 heterocycles. The minimum absolute atomic E-state index is 0.0583. The molecule has 1 saturated heterocycles.